The molecule has 0 aliphatic heterocycles. The Bertz CT molecular complexity index is 576. The number of benzene rings is 1. The summed E-state index contributed by atoms with van der Waals surface area (Å²) in [7, 11) is 0. The molecule has 0 bridgehead atoms. The smallest absolute Gasteiger partial charge is 0.323 e. The van der Waals surface area contributed by atoms with Crippen LogP contribution in [-0.4, -0.2) is 26.6 Å². The van der Waals surface area contributed by atoms with Crippen LogP contribution >= 0.6 is 24.8 Å². The number of nitrogens with two attached hydrogens (primary N) is 1. The van der Waals surface area contributed by atoms with Gasteiger partial charge in [0.2, 0.25) is 0 Å². The predicted molar refractivity (Wildman–Crippen MR) is 78.0 cm³/mol. The van der Waals surface area contributed by atoms with E-state index >= 15 is 0 Å². The highest BCUT2D eigenvalue weighted by Crippen LogP contribution is 2.15. The number of carboxylic acids is 1. The summed E-state index contributed by atoms with van der Waals surface area (Å²) in [6.07, 6.45) is 3.48. The van der Waals surface area contributed by atoms with E-state index in [4.69, 9.17) is 10.8 Å². The number of hydrogen-bond acceptors (Lipinski definition) is 4. The minimum Gasteiger partial charge on any atom is -0.480 e. The highest BCUT2D eigenvalue weighted by Gasteiger charge is 2.28. The van der Waals surface area contributed by atoms with Crippen molar-refractivity contribution in [3.05, 3.63) is 36.2 Å². The quantitative estimate of drug-likeness (QED) is 0.903. The van der Waals surface area contributed by atoms with Crippen LogP contribution in [0, 0.1) is 0 Å². The molecule has 0 radical (unpaired) electrons. The van der Waals surface area contributed by atoms with Crippen molar-refractivity contribution in [1.82, 2.24) is 9.97 Å². The number of halogens is 2. The number of nitrogens with zero attached hydrogens (tertiary/aromatic N) is 2. The molecule has 104 valence electrons. The molecule has 0 unspecified atom stereocenters. The summed E-state index contributed by atoms with van der Waals surface area (Å²) < 4.78 is 0. The van der Waals surface area contributed by atoms with Crippen LogP contribution in [0.2, 0.25) is 0 Å². The molecule has 7 heteroatoms. The zero-order chi connectivity index (χ0) is 12.5. The summed E-state index contributed by atoms with van der Waals surface area (Å²) in [5.74, 6) is -1.02. The fourth-order valence-corrected chi connectivity index (χ4v) is 1.62. The monoisotopic (exact) mass is 303 g/mol. The number of carbonyl (C=O) groups is 1. The number of aromatic nitrogens is 2. The fraction of sp³-hybridized carbons (Fsp3) is 0.250. The molecule has 0 spiro atoms. The maximum atomic E-state index is 10.9. The van der Waals surface area contributed by atoms with E-state index in [0.29, 0.717) is 0 Å². The normalized spacial score (nSPS) is 12.9. The van der Waals surface area contributed by atoms with Gasteiger partial charge < -0.3 is 10.8 Å². The number of hydrogen-bond donors (Lipinski definition) is 2. The van der Waals surface area contributed by atoms with E-state index < -0.39 is 11.5 Å². The van der Waals surface area contributed by atoms with E-state index in [1.807, 2.05) is 18.2 Å². The van der Waals surface area contributed by atoms with E-state index in [9.17, 15) is 4.79 Å². The summed E-state index contributed by atoms with van der Waals surface area (Å²) in [5, 5.41) is 8.96. The minimum atomic E-state index is -1.27. The van der Waals surface area contributed by atoms with Crippen LogP contribution in [-0.2, 0) is 11.2 Å². The topological polar surface area (TPSA) is 89.1 Å². The average molecular weight is 304 g/mol. The van der Waals surface area contributed by atoms with E-state index in [1.165, 1.54) is 6.92 Å². The summed E-state index contributed by atoms with van der Waals surface area (Å²) in [6.45, 7) is 1.50. The second-order valence-corrected chi connectivity index (χ2v) is 4.28. The molecule has 0 fully saturated rings. The summed E-state index contributed by atoms with van der Waals surface area (Å²) in [5.41, 5.74) is 6.79. The van der Waals surface area contributed by atoms with Crippen LogP contribution in [0.4, 0.5) is 0 Å². The summed E-state index contributed by atoms with van der Waals surface area (Å²) >= 11 is 0. The Morgan fingerprint density at radius 2 is 1.84 bits per heavy atom. The van der Waals surface area contributed by atoms with Crippen LogP contribution < -0.4 is 5.73 Å². The Morgan fingerprint density at radius 1 is 1.26 bits per heavy atom. The molecule has 0 aliphatic rings. The van der Waals surface area contributed by atoms with Gasteiger partial charge in [-0.25, -0.2) is 0 Å². The van der Waals surface area contributed by atoms with Gasteiger partial charge in [-0.1, -0.05) is 6.07 Å². The van der Waals surface area contributed by atoms with Crippen molar-refractivity contribution in [3.8, 4) is 0 Å². The number of rotatable bonds is 3. The number of fused-ring (bicyclic) bond motifs is 1. The van der Waals surface area contributed by atoms with Gasteiger partial charge in [0.25, 0.3) is 0 Å². The molecule has 1 heterocycles. The SMILES string of the molecule is C[C@](N)(Cc1ccc2nccnc2c1)C(=O)O.Cl.Cl. The van der Waals surface area contributed by atoms with Crippen LogP contribution in [0.25, 0.3) is 11.0 Å². The number of carboxylic acid groups (broad SMARTS) is 1. The van der Waals surface area contributed by atoms with Crippen molar-refractivity contribution in [2.24, 2.45) is 5.73 Å². The van der Waals surface area contributed by atoms with Gasteiger partial charge in [0, 0.05) is 18.8 Å². The molecule has 1 atom stereocenters. The third kappa shape index (κ3) is 4.02. The first kappa shape index (κ1) is 17.6. The van der Waals surface area contributed by atoms with Crippen molar-refractivity contribution in [1.29, 1.82) is 0 Å². The molecule has 3 N–H and O–H groups in total. The lowest BCUT2D eigenvalue weighted by Gasteiger charge is -2.18. The molecule has 0 saturated heterocycles. The van der Waals surface area contributed by atoms with Gasteiger partial charge in [-0.2, -0.15) is 0 Å². The van der Waals surface area contributed by atoms with Crippen LogP contribution in [0.1, 0.15) is 12.5 Å². The molecule has 0 amide bonds. The van der Waals surface area contributed by atoms with E-state index in [2.05, 4.69) is 9.97 Å². The fourth-order valence-electron chi connectivity index (χ4n) is 1.62. The molecule has 5 nitrogen and oxygen atoms in total. The van der Waals surface area contributed by atoms with Crippen LogP contribution in [0.5, 0.6) is 0 Å². The molecule has 19 heavy (non-hydrogen) atoms. The van der Waals surface area contributed by atoms with Gasteiger partial charge in [-0.3, -0.25) is 14.8 Å². The van der Waals surface area contributed by atoms with Crippen molar-refractivity contribution < 1.29 is 9.90 Å². The largest absolute Gasteiger partial charge is 0.480 e. The highest BCUT2D eigenvalue weighted by molar-refractivity contribution is 5.85. The molecule has 2 aromatic rings. The van der Waals surface area contributed by atoms with Gasteiger partial charge in [0.15, 0.2) is 0 Å². The Kier molecular flexibility index (Phi) is 6.15. The molecular weight excluding hydrogens is 289 g/mol. The standard InChI is InChI=1S/C12H13N3O2.2ClH/c1-12(13,11(16)17)7-8-2-3-9-10(6-8)15-5-4-14-9;;/h2-6H,7,13H2,1H3,(H,16,17);2*1H/t12-;;/m0../s1. The van der Waals surface area contributed by atoms with E-state index in [0.717, 1.165) is 16.6 Å². The van der Waals surface area contributed by atoms with Crippen molar-refractivity contribution in [3.63, 3.8) is 0 Å². The lowest BCUT2D eigenvalue weighted by molar-refractivity contribution is -0.142. The molecular formula is C12H15Cl2N3O2. The third-order valence-electron chi connectivity index (χ3n) is 2.59. The first-order chi connectivity index (χ1) is 7.99. The highest BCUT2D eigenvalue weighted by atomic mass is 35.5. The predicted octanol–water partition coefficient (Wildman–Crippen LogP) is 1.82. The first-order valence-electron chi connectivity index (χ1n) is 5.21. The Hall–Kier alpha value is -1.43. The van der Waals surface area contributed by atoms with Gasteiger partial charge in [0.05, 0.1) is 11.0 Å². The zero-order valence-corrected chi connectivity index (χ0v) is 11.9. The van der Waals surface area contributed by atoms with Crippen LogP contribution in [0.3, 0.4) is 0 Å². The average Bonchev–Trinajstić information content (AvgIpc) is 2.28. The summed E-state index contributed by atoms with van der Waals surface area (Å²) in [4.78, 5) is 19.2. The molecule has 0 saturated carbocycles. The Labute approximate surface area is 123 Å². The zero-order valence-electron chi connectivity index (χ0n) is 10.2. The second-order valence-electron chi connectivity index (χ2n) is 4.28. The number of aliphatic carboxylic acids is 1. The minimum absolute atomic E-state index is 0. The Morgan fingerprint density at radius 3 is 2.42 bits per heavy atom. The maximum Gasteiger partial charge on any atom is 0.323 e. The van der Waals surface area contributed by atoms with E-state index in [-0.39, 0.29) is 31.2 Å². The third-order valence-corrected chi connectivity index (χ3v) is 2.59. The first-order valence-corrected chi connectivity index (χ1v) is 5.21. The maximum absolute atomic E-state index is 10.9. The molecule has 0 aliphatic carbocycles. The molecule has 1 aromatic heterocycles. The van der Waals surface area contributed by atoms with E-state index in [1.54, 1.807) is 12.4 Å². The lowest BCUT2D eigenvalue weighted by Crippen LogP contribution is -2.46. The molecule has 1 aromatic carbocycles. The van der Waals surface area contributed by atoms with Gasteiger partial charge >= 0.3 is 5.97 Å². The van der Waals surface area contributed by atoms with Gasteiger partial charge in [0.1, 0.15) is 5.54 Å². The van der Waals surface area contributed by atoms with Gasteiger partial charge in [-0.05, 0) is 24.6 Å². The second kappa shape index (κ2) is 6.65. The molecule has 2 rings (SSSR count). The van der Waals surface area contributed by atoms with Crippen molar-refractivity contribution >= 4 is 41.8 Å². The van der Waals surface area contributed by atoms with Crippen molar-refractivity contribution in [2.45, 2.75) is 18.9 Å². The van der Waals surface area contributed by atoms with Crippen molar-refractivity contribution in [2.75, 3.05) is 0 Å². The Balaban J connectivity index is 0.00000162. The lowest BCUT2D eigenvalue weighted by atomic mass is 9.94. The van der Waals surface area contributed by atoms with Crippen LogP contribution in [0.15, 0.2) is 30.6 Å². The summed E-state index contributed by atoms with van der Waals surface area (Å²) in [6, 6.07) is 5.46. The van der Waals surface area contributed by atoms with Gasteiger partial charge in [-0.15, -0.1) is 24.8 Å².